The summed E-state index contributed by atoms with van der Waals surface area (Å²) in [4.78, 5) is 2.79. The average molecular weight is 294 g/mol. The Morgan fingerprint density at radius 3 is 2.00 bits per heavy atom. The van der Waals surface area contributed by atoms with E-state index in [0.717, 1.165) is 17.8 Å². The van der Waals surface area contributed by atoms with Crippen molar-refractivity contribution in [3.8, 4) is 0 Å². The number of rotatable bonds is 2. The lowest BCUT2D eigenvalue weighted by Crippen LogP contribution is -2.54. The van der Waals surface area contributed by atoms with Crippen molar-refractivity contribution in [1.29, 1.82) is 0 Å². The molecule has 3 unspecified atom stereocenters. The Labute approximate surface area is 133 Å². The topological polar surface area (TPSA) is 3.24 Å². The molecule has 0 radical (unpaired) electrons. The second kappa shape index (κ2) is 5.55. The minimum Gasteiger partial charge on any atom is -0.298 e. The van der Waals surface area contributed by atoms with Gasteiger partial charge in [0.2, 0.25) is 0 Å². The summed E-state index contributed by atoms with van der Waals surface area (Å²) in [6, 6.07) is 0. The second-order valence-electron chi connectivity index (χ2n) is 10.2. The van der Waals surface area contributed by atoms with E-state index in [1.54, 1.807) is 0 Å². The largest absolute Gasteiger partial charge is 0.298 e. The van der Waals surface area contributed by atoms with Crippen LogP contribution in [0.3, 0.4) is 0 Å². The molecule has 0 aromatic heterocycles. The summed E-state index contributed by atoms with van der Waals surface area (Å²) in [5.41, 5.74) is 1.26. The molecule has 0 N–H and O–H groups in total. The highest BCUT2D eigenvalue weighted by molar-refractivity contribution is 5.01. The van der Waals surface area contributed by atoms with Crippen molar-refractivity contribution in [3.05, 3.63) is 0 Å². The van der Waals surface area contributed by atoms with Gasteiger partial charge in [0.1, 0.15) is 0 Å². The maximum atomic E-state index is 2.79. The molecule has 0 aromatic carbocycles. The Bertz CT molecular complexity index is 361. The van der Waals surface area contributed by atoms with Crippen LogP contribution in [0, 0.1) is 28.6 Å². The van der Waals surface area contributed by atoms with Crippen molar-refractivity contribution in [3.63, 3.8) is 0 Å². The fraction of sp³-hybridized carbons (Fsp3) is 1.00. The van der Waals surface area contributed by atoms with Crippen LogP contribution in [0.15, 0.2) is 0 Å². The van der Waals surface area contributed by atoms with Gasteiger partial charge < -0.3 is 0 Å². The Morgan fingerprint density at radius 1 is 0.952 bits per heavy atom. The smallest absolute Gasteiger partial charge is 0.0201 e. The van der Waals surface area contributed by atoms with Gasteiger partial charge in [-0.1, -0.05) is 41.5 Å². The standard InChI is InChI=1S/C20H39N/c1-15-10-9-12-21(20(7,8)18(2,3)4)13-11-16(15)17-14-19(17,5)6/h15-17H,9-14H2,1-8H3. The number of nitrogens with zero attached hydrogens (tertiary/aromatic N) is 1. The van der Waals surface area contributed by atoms with Crippen molar-refractivity contribution in [2.24, 2.45) is 28.6 Å². The second-order valence-corrected chi connectivity index (χ2v) is 10.2. The summed E-state index contributed by atoms with van der Waals surface area (Å²) in [5.74, 6) is 2.88. The first-order valence-electron chi connectivity index (χ1n) is 9.22. The van der Waals surface area contributed by atoms with Crippen molar-refractivity contribution in [2.75, 3.05) is 13.1 Å². The number of likely N-dealkylation sites (tertiary alicyclic amines) is 1. The summed E-state index contributed by atoms with van der Waals surface area (Å²) in [6.07, 6.45) is 5.68. The van der Waals surface area contributed by atoms with E-state index in [2.05, 4.69) is 60.3 Å². The van der Waals surface area contributed by atoms with Crippen LogP contribution in [0.4, 0.5) is 0 Å². The zero-order chi connectivity index (χ0) is 16.1. The molecule has 2 aliphatic rings. The van der Waals surface area contributed by atoms with Gasteiger partial charge in [0, 0.05) is 5.54 Å². The summed E-state index contributed by atoms with van der Waals surface area (Å²) < 4.78 is 0. The fourth-order valence-corrected chi connectivity index (χ4v) is 4.39. The lowest BCUT2D eigenvalue weighted by Gasteiger charge is -2.49. The first-order chi connectivity index (χ1) is 9.47. The van der Waals surface area contributed by atoms with Gasteiger partial charge in [0.05, 0.1) is 0 Å². The molecule has 1 aliphatic heterocycles. The molecule has 1 heterocycles. The molecular weight excluding hydrogens is 254 g/mol. The van der Waals surface area contributed by atoms with Gasteiger partial charge in [-0.3, -0.25) is 4.90 Å². The van der Waals surface area contributed by atoms with Gasteiger partial charge in [-0.05, 0) is 81.2 Å². The summed E-state index contributed by atoms with van der Waals surface area (Å²) in [7, 11) is 0. The van der Waals surface area contributed by atoms with Crippen LogP contribution in [0.25, 0.3) is 0 Å². The van der Waals surface area contributed by atoms with E-state index in [9.17, 15) is 0 Å². The van der Waals surface area contributed by atoms with Crippen LogP contribution >= 0.6 is 0 Å². The summed E-state index contributed by atoms with van der Waals surface area (Å²) in [6.45, 7) is 22.1. The highest BCUT2D eigenvalue weighted by Crippen LogP contribution is 2.59. The van der Waals surface area contributed by atoms with Crippen molar-refractivity contribution in [2.45, 2.75) is 86.6 Å². The van der Waals surface area contributed by atoms with Crippen molar-refractivity contribution in [1.82, 2.24) is 4.90 Å². The zero-order valence-corrected chi connectivity index (χ0v) is 15.9. The molecule has 0 spiro atoms. The van der Waals surface area contributed by atoms with Crippen LogP contribution in [0.1, 0.15) is 81.1 Å². The fourth-order valence-electron chi connectivity index (χ4n) is 4.39. The van der Waals surface area contributed by atoms with E-state index < -0.39 is 0 Å². The third kappa shape index (κ3) is 3.49. The Balaban J connectivity index is 2.06. The van der Waals surface area contributed by atoms with Crippen molar-refractivity contribution < 1.29 is 0 Å². The van der Waals surface area contributed by atoms with Crippen LogP contribution in [-0.2, 0) is 0 Å². The van der Waals surface area contributed by atoms with Crippen molar-refractivity contribution >= 4 is 0 Å². The summed E-state index contributed by atoms with van der Waals surface area (Å²) >= 11 is 0. The molecule has 21 heavy (non-hydrogen) atoms. The lowest BCUT2D eigenvalue weighted by atomic mass is 9.73. The van der Waals surface area contributed by atoms with Gasteiger partial charge >= 0.3 is 0 Å². The molecule has 1 heteroatoms. The molecule has 124 valence electrons. The molecule has 0 amide bonds. The number of hydrogen-bond acceptors (Lipinski definition) is 1. The molecule has 0 aromatic rings. The molecule has 2 rings (SSSR count). The van der Waals surface area contributed by atoms with E-state index in [1.807, 2.05) is 0 Å². The van der Waals surface area contributed by atoms with Gasteiger partial charge in [-0.2, -0.15) is 0 Å². The number of hydrogen-bond donors (Lipinski definition) is 0. The molecule has 1 saturated carbocycles. The Hall–Kier alpha value is -0.0400. The summed E-state index contributed by atoms with van der Waals surface area (Å²) in [5, 5.41) is 0. The van der Waals surface area contributed by atoms with E-state index in [4.69, 9.17) is 0 Å². The van der Waals surface area contributed by atoms with Crippen LogP contribution in [-0.4, -0.2) is 23.5 Å². The van der Waals surface area contributed by atoms with Crippen LogP contribution < -0.4 is 0 Å². The predicted molar refractivity (Wildman–Crippen MR) is 93.5 cm³/mol. The molecule has 3 atom stereocenters. The Kier molecular flexibility index (Phi) is 4.58. The first-order valence-corrected chi connectivity index (χ1v) is 9.22. The Morgan fingerprint density at radius 2 is 1.52 bits per heavy atom. The molecule has 1 saturated heterocycles. The molecule has 1 aliphatic carbocycles. The predicted octanol–water partition coefficient (Wildman–Crippen LogP) is 5.60. The highest BCUT2D eigenvalue weighted by Gasteiger charge is 2.51. The maximum Gasteiger partial charge on any atom is 0.0201 e. The highest BCUT2D eigenvalue weighted by atomic mass is 15.2. The SMILES string of the molecule is CC1CCCN(C(C)(C)C(C)(C)C)CCC1C1CC1(C)C. The first kappa shape index (κ1) is 17.3. The molecule has 2 fully saturated rings. The van der Waals surface area contributed by atoms with Gasteiger partial charge in [0.15, 0.2) is 0 Å². The zero-order valence-electron chi connectivity index (χ0n) is 15.9. The minimum atomic E-state index is 0.289. The molecular formula is C20H39N. The van der Waals surface area contributed by atoms with E-state index in [1.165, 1.54) is 38.8 Å². The lowest BCUT2D eigenvalue weighted by molar-refractivity contribution is 0.00457. The normalized spacial score (nSPS) is 35.1. The van der Waals surface area contributed by atoms with Gasteiger partial charge in [-0.25, -0.2) is 0 Å². The van der Waals surface area contributed by atoms with E-state index in [0.29, 0.717) is 10.8 Å². The monoisotopic (exact) mass is 293 g/mol. The van der Waals surface area contributed by atoms with E-state index >= 15 is 0 Å². The van der Waals surface area contributed by atoms with E-state index in [-0.39, 0.29) is 5.54 Å². The third-order valence-electron chi connectivity index (χ3n) is 7.28. The van der Waals surface area contributed by atoms with Gasteiger partial charge in [0.25, 0.3) is 0 Å². The van der Waals surface area contributed by atoms with Crippen LogP contribution in [0.2, 0.25) is 0 Å². The van der Waals surface area contributed by atoms with Crippen LogP contribution in [0.5, 0.6) is 0 Å². The average Bonchev–Trinajstić information content (AvgIpc) is 2.91. The van der Waals surface area contributed by atoms with Gasteiger partial charge in [-0.15, -0.1) is 0 Å². The molecule has 1 nitrogen and oxygen atoms in total. The maximum absolute atomic E-state index is 2.79. The quantitative estimate of drug-likeness (QED) is 0.641. The molecule has 0 bridgehead atoms. The minimum absolute atomic E-state index is 0.289. The third-order valence-corrected chi connectivity index (χ3v) is 7.28.